The molecule has 0 bridgehead atoms. The zero-order valence-corrected chi connectivity index (χ0v) is 24.7. The number of nitrogens with zero attached hydrogens (tertiary/aromatic N) is 2. The number of hydrogen-bond donors (Lipinski definition) is 2. The van der Waals surface area contributed by atoms with Crippen molar-refractivity contribution in [3.8, 4) is 16.9 Å². The van der Waals surface area contributed by atoms with E-state index in [9.17, 15) is 9.59 Å². The number of hydrogen-bond acceptors (Lipinski definition) is 4. The van der Waals surface area contributed by atoms with Crippen molar-refractivity contribution in [1.82, 2.24) is 5.32 Å². The number of azo groups is 1. The van der Waals surface area contributed by atoms with Gasteiger partial charge < -0.3 is 15.2 Å². The normalized spacial score (nSPS) is 17.3. The number of amides is 2. The van der Waals surface area contributed by atoms with Gasteiger partial charge in [0.05, 0.1) is 7.11 Å². The molecule has 1 aliphatic rings. The molecule has 3 aromatic carbocycles. The van der Waals surface area contributed by atoms with Crippen LogP contribution in [0.2, 0.25) is 0 Å². The monoisotopic (exact) mass is 555 g/mol. The van der Waals surface area contributed by atoms with Crippen LogP contribution in [0.15, 0.2) is 77.0 Å². The van der Waals surface area contributed by atoms with E-state index in [2.05, 4.69) is 91.8 Å². The molecule has 7 nitrogen and oxygen atoms in total. The van der Waals surface area contributed by atoms with Crippen LogP contribution in [-0.4, -0.2) is 29.9 Å². The molecule has 2 N–H and O–H groups in total. The molecule has 3 aromatic rings. The molecule has 2 atom stereocenters. The Bertz CT molecular complexity index is 1390. The highest BCUT2D eigenvalue weighted by Crippen LogP contribution is 2.33. The van der Waals surface area contributed by atoms with E-state index in [4.69, 9.17) is 9.84 Å². The maximum atomic E-state index is 12.1. The standard InChI is InChI=1S/C34H41N3O4/c1-23(21-25-10-16-29(17-11-25)33(2,3)4)34(35-32(40)36-37-34)20-6-7-24-8-12-26(13-9-24)27-14-18-30(41-5)28(22-27)15-19-31(38)39/h8-14,16-18,22-23H,6-7,15,19-21H2,1-5H3,(H,35,40)(H,38,39). The molecule has 216 valence electrons. The zero-order valence-electron chi connectivity index (χ0n) is 24.7. The van der Waals surface area contributed by atoms with Gasteiger partial charge in [-0.05, 0) is 83.0 Å². The minimum absolute atomic E-state index is 0.0579. The van der Waals surface area contributed by atoms with Gasteiger partial charge in [0.25, 0.3) is 0 Å². The van der Waals surface area contributed by atoms with Crippen LogP contribution in [0.4, 0.5) is 4.79 Å². The first-order valence-electron chi connectivity index (χ1n) is 14.3. The Morgan fingerprint density at radius 1 is 0.976 bits per heavy atom. The number of carbonyl (C=O) groups excluding carboxylic acids is 1. The number of methoxy groups -OCH3 is 1. The average molecular weight is 556 g/mol. The van der Waals surface area contributed by atoms with Gasteiger partial charge in [0.15, 0.2) is 5.66 Å². The summed E-state index contributed by atoms with van der Waals surface area (Å²) in [5.41, 5.74) is 6.11. The largest absolute Gasteiger partial charge is 0.496 e. The van der Waals surface area contributed by atoms with E-state index in [0.717, 1.165) is 36.0 Å². The number of ether oxygens (including phenoxy) is 1. The fraction of sp³-hybridized carbons (Fsp3) is 0.412. The topological polar surface area (TPSA) is 100 Å². The lowest BCUT2D eigenvalue weighted by atomic mass is 9.83. The summed E-state index contributed by atoms with van der Waals surface area (Å²) in [5, 5.41) is 20.4. The second-order valence-electron chi connectivity index (χ2n) is 12.1. The van der Waals surface area contributed by atoms with E-state index in [1.165, 1.54) is 16.7 Å². The molecule has 0 aliphatic carbocycles. The molecular formula is C34H41N3O4. The summed E-state index contributed by atoms with van der Waals surface area (Å²) in [6.07, 6.45) is 3.69. The summed E-state index contributed by atoms with van der Waals surface area (Å²) in [6.45, 7) is 8.77. The smallest absolute Gasteiger partial charge is 0.361 e. The highest BCUT2D eigenvalue weighted by Gasteiger charge is 2.41. The molecule has 1 heterocycles. The molecule has 0 aromatic heterocycles. The van der Waals surface area contributed by atoms with E-state index >= 15 is 0 Å². The van der Waals surface area contributed by atoms with Gasteiger partial charge in [0, 0.05) is 12.3 Å². The highest BCUT2D eigenvalue weighted by molar-refractivity contribution is 5.77. The number of carbonyl (C=O) groups is 2. The van der Waals surface area contributed by atoms with Crippen molar-refractivity contribution in [3.05, 3.63) is 89.0 Å². The minimum atomic E-state index is -0.827. The lowest BCUT2D eigenvalue weighted by molar-refractivity contribution is -0.136. The first-order valence-corrected chi connectivity index (χ1v) is 14.3. The quantitative estimate of drug-likeness (QED) is 0.239. The third-order valence-electron chi connectivity index (χ3n) is 8.02. The number of rotatable bonds is 12. The van der Waals surface area contributed by atoms with Crippen LogP contribution in [0.5, 0.6) is 5.75 Å². The second kappa shape index (κ2) is 12.7. The summed E-state index contributed by atoms with van der Waals surface area (Å²) in [5.74, 6) is -0.0369. The summed E-state index contributed by atoms with van der Waals surface area (Å²) in [6, 6.07) is 22.7. The highest BCUT2D eigenvalue weighted by atomic mass is 16.5. The van der Waals surface area contributed by atoms with Crippen molar-refractivity contribution in [2.45, 2.75) is 77.3 Å². The number of carboxylic acid groups (broad SMARTS) is 1. The van der Waals surface area contributed by atoms with Gasteiger partial charge in [-0.15, -0.1) is 0 Å². The first-order chi connectivity index (χ1) is 19.5. The molecular weight excluding hydrogens is 514 g/mol. The van der Waals surface area contributed by atoms with E-state index in [1.54, 1.807) is 7.11 Å². The lowest BCUT2D eigenvalue weighted by Crippen LogP contribution is -2.47. The van der Waals surface area contributed by atoms with Crippen molar-refractivity contribution in [2.24, 2.45) is 16.1 Å². The zero-order chi connectivity index (χ0) is 29.6. The lowest BCUT2D eigenvalue weighted by Gasteiger charge is -2.31. The van der Waals surface area contributed by atoms with Gasteiger partial charge in [0.1, 0.15) is 5.75 Å². The van der Waals surface area contributed by atoms with Crippen LogP contribution in [0.25, 0.3) is 11.1 Å². The molecule has 1 aliphatic heterocycles. The van der Waals surface area contributed by atoms with Crippen LogP contribution >= 0.6 is 0 Å². The SMILES string of the molecule is COc1ccc(-c2ccc(CCCC3(C(C)Cc4ccc(C(C)(C)C)cc4)N=NC(=O)N3)cc2)cc1CCC(=O)O. The molecule has 2 unspecified atom stereocenters. The number of nitrogens with one attached hydrogen (secondary N) is 1. The Kier molecular flexibility index (Phi) is 9.26. The Morgan fingerprint density at radius 2 is 1.63 bits per heavy atom. The van der Waals surface area contributed by atoms with Crippen LogP contribution in [-0.2, 0) is 29.5 Å². The molecule has 0 spiro atoms. The predicted octanol–water partition coefficient (Wildman–Crippen LogP) is 7.75. The van der Waals surface area contributed by atoms with E-state index < -0.39 is 11.6 Å². The van der Waals surface area contributed by atoms with Gasteiger partial charge in [-0.2, -0.15) is 5.11 Å². The van der Waals surface area contributed by atoms with Gasteiger partial charge in [-0.1, -0.05) is 87.4 Å². The third-order valence-corrected chi connectivity index (χ3v) is 8.02. The van der Waals surface area contributed by atoms with Gasteiger partial charge in [-0.25, -0.2) is 4.79 Å². The number of aryl methyl sites for hydroxylation is 2. The van der Waals surface area contributed by atoms with Gasteiger partial charge in [0.2, 0.25) is 0 Å². The van der Waals surface area contributed by atoms with Crippen LogP contribution in [0.3, 0.4) is 0 Å². The van der Waals surface area contributed by atoms with Gasteiger partial charge >= 0.3 is 12.0 Å². The van der Waals surface area contributed by atoms with Crippen molar-refractivity contribution < 1.29 is 19.4 Å². The van der Waals surface area contributed by atoms with Crippen LogP contribution in [0.1, 0.15) is 69.2 Å². The molecule has 2 amide bonds. The van der Waals surface area contributed by atoms with Crippen LogP contribution < -0.4 is 10.1 Å². The Balaban J connectivity index is 1.39. The number of urea groups is 1. The maximum absolute atomic E-state index is 12.1. The Hall–Kier alpha value is -4.00. The van der Waals surface area contributed by atoms with Crippen molar-refractivity contribution >= 4 is 12.0 Å². The van der Waals surface area contributed by atoms with Crippen LogP contribution in [0, 0.1) is 5.92 Å². The van der Waals surface area contributed by atoms with E-state index in [0.29, 0.717) is 18.6 Å². The number of benzene rings is 3. The molecule has 4 rings (SSSR count). The molecule has 41 heavy (non-hydrogen) atoms. The average Bonchev–Trinajstić information content (AvgIpc) is 3.33. The molecule has 0 saturated heterocycles. The fourth-order valence-electron chi connectivity index (χ4n) is 5.43. The van der Waals surface area contributed by atoms with Crippen molar-refractivity contribution in [3.63, 3.8) is 0 Å². The molecule has 0 radical (unpaired) electrons. The summed E-state index contributed by atoms with van der Waals surface area (Å²) >= 11 is 0. The number of aliphatic carboxylic acids is 1. The maximum Gasteiger partial charge on any atom is 0.361 e. The summed E-state index contributed by atoms with van der Waals surface area (Å²) in [4.78, 5) is 23.2. The number of carboxylic acids is 1. The third kappa shape index (κ3) is 7.60. The van der Waals surface area contributed by atoms with Gasteiger partial charge in [-0.3, -0.25) is 4.79 Å². The Labute approximate surface area is 243 Å². The Morgan fingerprint density at radius 3 is 2.22 bits per heavy atom. The van der Waals surface area contributed by atoms with Crippen molar-refractivity contribution in [2.75, 3.05) is 7.11 Å². The predicted molar refractivity (Wildman–Crippen MR) is 161 cm³/mol. The van der Waals surface area contributed by atoms with Crippen molar-refractivity contribution in [1.29, 1.82) is 0 Å². The van der Waals surface area contributed by atoms with E-state index in [1.807, 2.05) is 18.2 Å². The summed E-state index contributed by atoms with van der Waals surface area (Å²) in [7, 11) is 1.60. The first kappa shape index (κ1) is 30.0. The molecule has 0 saturated carbocycles. The molecule has 7 heteroatoms. The summed E-state index contributed by atoms with van der Waals surface area (Å²) < 4.78 is 5.42. The fourth-order valence-corrected chi connectivity index (χ4v) is 5.43. The molecule has 0 fully saturated rings. The minimum Gasteiger partial charge on any atom is -0.496 e. The second-order valence-corrected chi connectivity index (χ2v) is 12.1. The van der Waals surface area contributed by atoms with E-state index in [-0.39, 0.29) is 23.8 Å².